The van der Waals surface area contributed by atoms with Crippen molar-refractivity contribution in [3.05, 3.63) is 48.1 Å². The summed E-state index contributed by atoms with van der Waals surface area (Å²) < 4.78 is 40.6. The number of nitrogens with two attached hydrogens (primary N) is 1. The van der Waals surface area contributed by atoms with Gasteiger partial charge >= 0.3 is 88.7 Å². The van der Waals surface area contributed by atoms with E-state index in [9.17, 15) is 47.7 Å². The van der Waals surface area contributed by atoms with E-state index in [4.69, 9.17) is 5.73 Å². The number of hydrogen-bond acceptors (Lipinski definition) is 12. The second-order valence-electron chi connectivity index (χ2n) is 12.4. The van der Waals surface area contributed by atoms with Gasteiger partial charge in [0.15, 0.2) is 11.6 Å². The Kier molecular flexibility index (Phi) is 17.9. The van der Waals surface area contributed by atoms with Gasteiger partial charge in [-0.15, -0.1) is 0 Å². The van der Waals surface area contributed by atoms with Gasteiger partial charge in [-0.25, -0.2) is 0 Å². The molecule has 0 heterocycles. The third kappa shape index (κ3) is 9.81. The summed E-state index contributed by atoms with van der Waals surface area (Å²) in [5.74, 6) is -1.80. The predicted molar refractivity (Wildman–Crippen MR) is 156 cm³/mol. The number of ketones is 2. The van der Waals surface area contributed by atoms with Crippen molar-refractivity contribution in [2.24, 2.45) is 33.0 Å². The summed E-state index contributed by atoms with van der Waals surface area (Å²) in [6, 6.07) is 5.47. The van der Waals surface area contributed by atoms with E-state index < -0.39 is 58.7 Å². The van der Waals surface area contributed by atoms with Gasteiger partial charge in [0.1, 0.15) is 12.2 Å². The number of allylic oxidation sites excluding steroid dienone is 4. The van der Waals surface area contributed by atoms with E-state index in [-0.39, 0.29) is 135 Å². The molecule has 0 spiro atoms. The van der Waals surface area contributed by atoms with E-state index in [1.165, 1.54) is 24.3 Å². The van der Waals surface area contributed by atoms with E-state index in [0.29, 0.717) is 18.5 Å². The quantitative estimate of drug-likeness (QED) is 0.0807. The molecule has 3 fully saturated rings. The number of nitrogen functional groups attached to an aromatic ring is 1. The van der Waals surface area contributed by atoms with Crippen molar-refractivity contribution in [1.29, 1.82) is 0 Å². The second-order valence-corrected chi connectivity index (χ2v) is 15.2. The maximum absolute atomic E-state index is 12.8. The maximum atomic E-state index is 12.8. The van der Waals surface area contributed by atoms with E-state index >= 15 is 0 Å². The number of Topliss-reactive ketones (excluding diaryl/α,β-unsaturated/α-hetero) is 1. The Bertz CT molecular complexity index is 1580. The number of carbonyl (C=O) groups excluding carboxylic acids is 2. The van der Waals surface area contributed by atoms with Crippen molar-refractivity contribution in [3.8, 4) is 0 Å². The molecule has 0 aliphatic heterocycles. The molecule has 7 atom stereocenters. The minimum Gasteiger partial charge on any atom is -0.861 e. The van der Waals surface area contributed by atoms with Crippen LogP contribution in [0.5, 0.6) is 0 Å². The number of benzene rings is 1. The average Bonchev–Trinajstić information content (AvgIpc) is 3.18. The summed E-state index contributed by atoms with van der Waals surface area (Å²) in [4.78, 5) is 46.2. The minimum absolute atomic E-state index is 0. The van der Waals surface area contributed by atoms with E-state index in [1.54, 1.807) is 19.1 Å². The van der Waals surface area contributed by atoms with Crippen LogP contribution in [0, 0.1) is 28.6 Å². The largest absolute Gasteiger partial charge is 1.00 e. The maximum Gasteiger partial charge on any atom is 1.00 e. The van der Waals surface area contributed by atoms with Gasteiger partial charge in [-0.3, -0.25) is 9.59 Å². The molecule has 0 amide bonds. The number of anilines is 1. The Morgan fingerprint density at radius 1 is 1.15 bits per heavy atom. The fourth-order valence-corrected chi connectivity index (χ4v) is 9.11. The molecular weight excluding hydrogens is 700 g/mol. The van der Waals surface area contributed by atoms with Crippen molar-refractivity contribution in [3.63, 3.8) is 0 Å². The number of phosphoric ester groups is 1. The summed E-state index contributed by atoms with van der Waals surface area (Å²) in [5.41, 5.74) is 3.56. The van der Waals surface area contributed by atoms with Gasteiger partial charge in [0, 0.05) is 22.4 Å². The van der Waals surface area contributed by atoms with Crippen LogP contribution in [0.3, 0.4) is 0 Å². The van der Waals surface area contributed by atoms with Crippen LogP contribution in [0.2, 0.25) is 0 Å². The van der Waals surface area contributed by atoms with Crippen LogP contribution in [0.4, 0.5) is 5.69 Å². The predicted octanol–water partition coefficient (Wildman–Crippen LogP) is -9.67. The van der Waals surface area contributed by atoms with Crippen molar-refractivity contribution in [2.45, 2.75) is 69.5 Å². The van der Waals surface area contributed by atoms with Crippen molar-refractivity contribution >= 4 is 41.0 Å². The van der Waals surface area contributed by atoms with Gasteiger partial charge in [-0.1, -0.05) is 25.5 Å². The van der Waals surface area contributed by atoms with Crippen LogP contribution < -0.4 is 109 Å². The first-order chi connectivity index (χ1) is 20.2. The Balaban J connectivity index is 0.00000106. The molecule has 0 aromatic heterocycles. The Hall–Kier alpha value is 0.250. The molecule has 1 aromatic rings. The SMILES string of the molecule is C/C([O-])=N/S(=O)(=O)c1ccc(N)cc1.C[C@]12C=CC(=O)C=C1CC[C@@H]1[C@@H]2[C@@H](O)C[C@@]2(C)[C@H]1CC[C@]2(O)C(=O)COP(=O)([O-])[O-].O.[Na+].[Na+].[Na+]. The molecule has 6 N–H and O–H groups in total. The van der Waals surface area contributed by atoms with E-state index in [2.05, 4.69) is 8.92 Å². The molecule has 4 aliphatic carbocycles. The molecule has 3 saturated carbocycles. The van der Waals surface area contributed by atoms with Gasteiger partial charge in [-0.05, 0) is 93.2 Å². The zero-order chi connectivity index (χ0) is 32.9. The first-order valence-corrected chi connectivity index (χ1v) is 17.0. The zero-order valence-corrected chi connectivity index (χ0v) is 35.8. The van der Waals surface area contributed by atoms with Gasteiger partial charge in [-0.2, -0.15) is 12.8 Å². The molecule has 0 bridgehead atoms. The number of aliphatic hydroxyl groups is 2. The number of aliphatic hydroxyl groups excluding tert-OH is 1. The number of phosphoric acid groups is 1. The molecule has 4 aliphatic rings. The number of fused-ring (bicyclic) bond motifs is 5. The number of rotatable bonds is 6. The molecule has 14 nitrogen and oxygen atoms in total. The van der Waals surface area contributed by atoms with Crippen molar-refractivity contribution < 1.29 is 146 Å². The smallest absolute Gasteiger partial charge is 0.861 e. The van der Waals surface area contributed by atoms with Crippen LogP contribution in [-0.4, -0.2) is 59.9 Å². The first kappa shape index (κ1) is 48.2. The van der Waals surface area contributed by atoms with Gasteiger partial charge in [0.25, 0.3) is 10.0 Å². The van der Waals surface area contributed by atoms with Gasteiger partial charge < -0.3 is 45.4 Å². The van der Waals surface area contributed by atoms with Gasteiger partial charge in [0.05, 0.1) is 18.8 Å². The summed E-state index contributed by atoms with van der Waals surface area (Å²) in [6.07, 6.45) is 6.56. The number of nitrogens with zero attached hydrogens (tertiary/aromatic N) is 1. The van der Waals surface area contributed by atoms with Gasteiger partial charge in [0.2, 0.25) is 0 Å². The van der Waals surface area contributed by atoms with Crippen molar-refractivity contribution in [1.82, 2.24) is 0 Å². The second kappa shape index (κ2) is 17.8. The molecule has 19 heteroatoms. The number of carbonyl (C=O) groups is 2. The summed E-state index contributed by atoms with van der Waals surface area (Å²) in [7, 11) is -9.19. The fourth-order valence-electron chi connectivity index (χ4n) is 7.91. The minimum atomic E-state index is -5.34. The summed E-state index contributed by atoms with van der Waals surface area (Å²) >= 11 is 0. The number of sulfonamides is 1. The Morgan fingerprint density at radius 2 is 1.73 bits per heavy atom. The van der Waals surface area contributed by atoms with Crippen LogP contribution in [0.1, 0.15) is 52.9 Å². The Labute approximate surface area is 346 Å². The molecule has 0 radical (unpaired) electrons. The molecule has 1 aromatic carbocycles. The van der Waals surface area contributed by atoms with Crippen LogP contribution in [-0.2, 0) is 28.7 Å². The topological polar surface area (TPSA) is 274 Å². The molecule has 0 unspecified atom stereocenters. The van der Waals surface area contributed by atoms with E-state index in [0.717, 1.165) is 18.9 Å². The molecule has 5 rings (SSSR count). The van der Waals surface area contributed by atoms with Crippen LogP contribution in [0.15, 0.2) is 57.4 Å². The third-order valence-electron chi connectivity index (χ3n) is 9.89. The van der Waals surface area contributed by atoms with Crippen LogP contribution >= 0.6 is 7.82 Å². The molecule has 250 valence electrons. The number of hydrogen-bond donors (Lipinski definition) is 3. The molecule has 0 saturated heterocycles. The molecule has 48 heavy (non-hydrogen) atoms. The average molecular weight is 739 g/mol. The normalized spacial score (nSPS) is 32.1. The van der Waals surface area contributed by atoms with E-state index in [1.807, 2.05) is 13.0 Å². The summed E-state index contributed by atoms with van der Waals surface area (Å²) in [5, 5.41) is 33.1. The zero-order valence-electron chi connectivity index (χ0n) is 28.0. The third-order valence-corrected chi connectivity index (χ3v) is 11.7. The Morgan fingerprint density at radius 3 is 2.27 bits per heavy atom. The first-order valence-electron chi connectivity index (χ1n) is 14.1. The monoisotopic (exact) mass is 738 g/mol. The fraction of sp³-hybridized carbons (Fsp3) is 0.552. The standard InChI is InChI=1S/C21H29O8P.C8H10N2O3S.3Na.H2O/c1-19-7-5-13(22)9-12(19)3-4-14-15-6-8-21(25,17(24)11-29-30(26,27)28)20(15,2)10-16(23)18(14)19;1-6(11)10-14(12,13)8-4-2-7(9)3-5-8;;;;/h5,7,9,14-16,18,23,25H,3-4,6,8,10-11H2,1-2H3,(H2,26,27,28);2-5H,9H2,1H3,(H,10,11);;;;1H2/q;;3*+1;/p-3/t14-,15-,16-,18+,19-,20-,21-;;;;;/m0...../s1. The van der Waals surface area contributed by atoms with Crippen molar-refractivity contribution in [2.75, 3.05) is 12.3 Å². The summed E-state index contributed by atoms with van der Waals surface area (Å²) in [6.45, 7) is 3.88. The van der Waals surface area contributed by atoms with Crippen LogP contribution in [0.25, 0.3) is 0 Å². The molecular formula is C29H38N2Na3O12PS.